The number of aromatic amines is 1. The molecule has 0 atom stereocenters. The van der Waals surface area contributed by atoms with E-state index in [4.69, 9.17) is 0 Å². The molecule has 1 amide bonds. The summed E-state index contributed by atoms with van der Waals surface area (Å²) in [6.07, 6.45) is 4.60. The molecule has 0 aliphatic carbocycles. The van der Waals surface area contributed by atoms with Gasteiger partial charge in [0.2, 0.25) is 0 Å². The SMILES string of the molecule is Cc1cc2[nH]ncc2cc1NC(=O)c1ccncn1. The van der Waals surface area contributed by atoms with E-state index in [9.17, 15) is 4.79 Å². The molecule has 0 unspecified atom stereocenters. The van der Waals surface area contributed by atoms with Gasteiger partial charge in [-0.1, -0.05) is 0 Å². The van der Waals surface area contributed by atoms with Crippen molar-refractivity contribution in [3.63, 3.8) is 0 Å². The van der Waals surface area contributed by atoms with Crippen molar-refractivity contribution in [1.82, 2.24) is 20.2 Å². The van der Waals surface area contributed by atoms with E-state index in [1.807, 2.05) is 19.1 Å². The predicted octanol–water partition coefficient (Wildman–Crippen LogP) is 1.91. The zero-order valence-electron chi connectivity index (χ0n) is 10.2. The Morgan fingerprint density at radius 2 is 2.26 bits per heavy atom. The van der Waals surface area contributed by atoms with Gasteiger partial charge in [-0.05, 0) is 30.7 Å². The maximum atomic E-state index is 12.0. The number of nitrogens with zero attached hydrogens (tertiary/aromatic N) is 3. The number of anilines is 1. The number of aromatic nitrogens is 4. The smallest absolute Gasteiger partial charge is 0.274 e. The molecule has 0 saturated heterocycles. The van der Waals surface area contributed by atoms with Crippen LogP contribution in [0.5, 0.6) is 0 Å². The van der Waals surface area contributed by atoms with E-state index in [-0.39, 0.29) is 5.91 Å². The monoisotopic (exact) mass is 253 g/mol. The second kappa shape index (κ2) is 4.49. The number of hydrogen-bond acceptors (Lipinski definition) is 4. The van der Waals surface area contributed by atoms with Crippen LogP contribution < -0.4 is 5.32 Å². The second-order valence-electron chi connectivity index (χ2n) is 4.17. The first-order chi connectivity index (χ1) is 9.24. The molecule has 2 aromatic heterocycles. The molecule has 19 heavy (non-hydrogen) atoms. The maximum absolute atomic E-state index is 12.0. The van der Waals surface area contributed by atoms with E-state index in [0.717, 1.165) is 22.2 Å². The summed E-state index contributed by atoms with van der Waals surface area (Å²) in [5.41, 5.74) is 2.98. The van der Waals surface area contributed by atoms with E-state index >= 15 is 0 Å². The van der Waals surface area contributed by atoms with Gasteiger partial charge in [0.05, 0.1) is 11.7 Å². The summed E-state index contributed by atoms with van der Waals surface area (Å²) in [5, 5.41) is 10.6. The summed E-state index contributed by atoms with van der Waals surface area (Å²) in [4.78, 5) is 19.7. The molecule has 0 aliphatic heterocycles. The topological polar surface area (TPSA) is 83.6 Å². The number of H-pyrrole nitrogens is 1. The molecule has 0 saturated carbocycles. The molecule has 3 rings (SSSR count). The van der Waals surface area contributed by atoms with Crippen LogP contribution in [0, 0.1) is 6.92 Å². The number of rotatable bonds is 2. The molecule has 94 valence electrons. The zero-order valence-corrected chi connectivity index (χ0v) is 10.2. The van der Waals surface area contributed by atoms with Gasteiger partial charge in [-0.3, -0.25) is 9.89 Å². The molecule has 6 heteroatoms. The molecule has 2 N–H and O–H groups in total. The van der Waals surface area contributed by atoms with Gasteiger partial charge in [0.1, 0.15) is 12.0 Å². The Hall–Kier alpha value is -2.76. The Balaban J connectivity index is 1.92. The molecule has 0 fully saturated rings. The summed E-state index contributed by atoms with van der Waals surface area (Å²) in [6.45, 7) is 1.93. The van der Waals surface area contributed by atoms with Crippen molar-refractivity contribution in [2.24, 2.45) is 0 Å². The Bertz CT molecular complexity index is 735. The summed E-state index contributed by atoms with van der Waals surface area (Å²) < 4.78 is 0. The van der Waals surface area contributed by atoms with Crippen molar-refractivity contribution < 1.29 is 4.79 Å². The van der Waals surface area contributed by atoms with E-state index < -0.39 is 0 Å². The lowest BCUT2D eigenvalue weighted by atomic mass is 10.1. The molecule has 0 spiro atoms. The summed E-state index contributed by atoms with van der Waals surface area (Å²) >= 11 is 0. The third-order valence-corrected chi connectivity index (χ3v) is 2.85. The van der Waals surface area contributed by atoms with Gasteiger partial charge in [0, 0.05) is 17.3 Å². The quantitative estimate of drug-likeness (QED) is 0.730. The number of carbonyl (C=O) groups excluding carboxylic acids is 1. The molecule has 6 nitrogen and oxygen atoms in total. The lowest BCUT2D eigenvalue weighted by Crippen LogP contribution is -2.14. The first-order valence-electron chi connectivity index (χ1n) is 5.75. The number of nitrogens with one attached hydrogen (secondary N) is 2. The van der Waals surface area contributed by atoms with Crippen molar-refractivity contribution in [3.8, 4) is 0 Å². The predicted molar refractivity (Wildman–Crippen MR) is 70.8 cm³/mol. The van der Waals surface area contributed by atoms with Crippen LogP contribution in [0.4, 0.5) is 5.69 Å². The lowest BCUT2D eigenvalue weighted by Gasteiger charge is -2.08. The molecular formula is C13H11N5O. The first-order valence-corrected chi connectivity index (χ1v) is 5.75. The van der Waals surface area contributed by atoms with E-state index in [1.54, 1.807) is 12.3 Å². The van der Waals surface area contributed by atoms with Crippen molar-refractivity contribution in [1.29, 1.82) is 0 Å². The van der Waals surface area contributed by atoms with Crippen LogP contribution >= 0.6 is 0 Å². The lowest BCUT2D eigenvalue weighted by molar-refractivity contribution is 0.102. The largest absolute Gasteiger partial charge is 0.320 e. The fourth-order valence-corrected chi connectivity index (χ4v) is 1.85. The van der Waals surface area contributed by atoms with Crippen LogP contribution in [-0.4, -0.2) is 26.1 Å². The van der Waals surface area contributed by atoms with Crippen molar-refractivity contribution in [3.05, 3.63) is 48.2 Å². The van der Waals surface area contributed by atoms with Gasteiger partial charge in [-0.15, -0.1) is 0 Å². The third kappa shape index (κ3) is 2.15. The molecular weight excluding hydrogens is 242 g/mol. The normalized spacial score (nSPS) is 10.6. The number of hydrogen-bond donors (Lipinski definition) is 2. The minimum absolute atomic E-state index is 0.256. The summed E-state index contributed by atoms with van der Waals surface area (Å²) in [6, 6.07) is 5.40. The standard InChI is InChI=1S/C13H11N5O/c1-8-4-12-9(6-16-18-12)5-11(8)17-13(19)10-2-3-14-7-15-10/h2-7H,1H3,(H,16,18)(H,17,19). The molecule has 0 radical (unpaired) electrons. The highest BCUT2D eigenvalue weighted by atomic mass is 16.1. The number of benzene rings is 1. The summed E-state index contributed by atoms with van der Waals surface area (Å²) in [5.74, 6) is -0.256. The van der Waals surface area contributed by atoms with E-state index in [1.165, 1.54) is 12.5 Å². The minimum atomic E-state index is -0.256. The fraction of sp³-hybridized carbons (Fsp3) is 0.0769. The Morgan fingerprint density at radius 3 is 3.05 bits per heavy atom. The molecule has 1 aromatic carbocycles. The Morgan fingerprint density at radius 1 is 1.37 bits per heavy atom. The van der Waals surface area contributed by atoms with Crippen LogP contribution in [0.1, 0.15) is 16.1 Å². The summed E-state index contributed by atoms with van der Waals surface area (Å²) in [7, 11) is 0. The highest BCUT2D eigenvalue weighted by Crippen LogP contribution is 2.22. The van der Waals surface area contributed by atoms with Gasteiger partial charge in [0.15, 0.2) is 0 Å². The average Bonchev–Trinajstić information content (AvgIpc) is 2.87. The van der Waals surface area contributed by atoms with Crippen LogP contribution in [-0.2, 0) is 0 Å². The highest BCUT2D eigenvalue weighted by Gasteiger charge is 2.10. The maximum Gasteiger partial charge on any atom is 0.274 e. The van der Waals surface area contributed by atoms with Gasteiger partial charge >= 0.3 is 0 Å². The number of fused-ring (bicyclic) bond motifs is 1. The van der Waals surface area contributed by atoms with Crippen LogP contribution in [0.25, 0.3) is 10.9 Å². The van der Waals surface area contributed by atoms with Crippen LogP contribution in [0.2, 0.25) is 0 Å². The number of aryl methyl sites for hydroxylation is 1. The average molecular weight is 253 g/mol. The zero-order chi connectivity index (χ0) is 13.2. The molecule has 3 aromatic rings. The van der Waals surface area contributed by atoms with Crippen LogP contribution in [0.3, 0.4) is 0 Å². The molecule has 2 heterocycles. The molecule has 0 bridgehead atoms. The highest BCUT2D eigenvalue weighted by molar-refractivity contribution is 6.04. The fourth-order valence-electron chi connectivity index (χ4n) is 1.85. The van der Waals surface area contributed by atoms with Gasteiger partial charge in [-0.2, -0.15) is 5.10 Å². The minimum Gasteiger partial charge on any atom is -0.320 e. The second-order valence-corrected chi connectivity index (χ2v) is 4.17. The van der Waals surface area contributed by atoms with Crippen molar-refractivity contribution >= 4 is 22.5 Å². The van der Waals surface area contributed by atoms with Crippen LogP contribution in [0.15, 0.2) is 36.9 Å². The van der Waals surface area contributed by atoms with E-state index in [0.29, 0.717) is 5.69 Å². The van der Waals surface area contributed by atoms with Gasteiger partial charge in [-0.25, -0.2) is 9.97 Å². The number of carbonyl (C=O) groups is 1. The van der Waals surface area contributed by atoms with E-state index in [2.05, 4.69) is 25.5 Å². The van der Waals surface area contributed by atoms with Gasteiger partial charge < -0.3 is 5.32 Å². The third-order valence-electron chi connectivity index (χ3n) is 2.85. The Kier molecular flexibility index (Phi) is 2.68. The van der Waals surface area contributed by atoms with Gasteiger partial charge in [0.25, 0.3) is 5.91 Å². The van der Waals surface area contributed by atoms with Crippen molar-refractivity contribution in [2.75, 3.05) is 5.32 Å². The Labute approximate surface area is 108 Å². The number of amides is 1. The molecule has 0 aliphatic rings. The van der Waals surface area contributed by atoms with Crippen molar-refractivity contribution in [2.45, 2.75) is 6.92 Å². The first kappa shape index (κ1) is 11.3.